The van der Waals surface area contributed by atoms with Crippen molar-refractivity contribution in [3.63, 3.8) is 0 Å². The molecule has 2 aliphatic rings. The number of nitrogens with zero attached hydrogens (tertiary/aromatic N) is 4. The fraction of sp³-hybridized carbons (Fsp3) is 0.769. The van der Waals surface area contributed by atoms with E-state index in [-0.39, 0.29) is 5.54 Å². The van der Waals surface area contributed by atoms with E-state index in [0.29, 0.717) is 19.1 Å². The molecule has 0 saturated carbocycles. The zero-order valence-corrected chi connectivity index (χ0v) is 12.6. The molecule has 0 spiro atoms. The highest BCUT2D eigenvalue weighted by atomic mass is 32.1. The summed E-state index contributed by atoms with van der Waals surface area (Å²) in [6.07, 6.45) is 3.58. The van der Waals surface area contributed by atoms with Gasteiger partial charge >= 0.3 is 0 Å². The molecule has 0 radical (unpaired) electrons. The highest BCUT2D eigenvalue weighted by Crippen LogP contribution is 2.34. The van der Waals surface area contributed by atoms with Gasteiger partial charge in [0.1, 0.15) is 5.01 Å². The minimum atomic E-state index is -0.378. The second-order valence-corrected chi connectivity index (χ2v) is 6.77. The van der Waals surface area contributed by atoms with Crippen LogP contribution >= 0.6 is 11.3 Å². The van der Waals surface area contributed by atoms with Gasteiger partial charge in [-0.15, -0.1) is 10.2 Å². The Bertz CT molecular complexity index is 628. The minimum absolute atomic E-state index is 0.378. The van der Waals surface area contributed by atoms with E-state index in [1.54, 1.807) is 11.3 Å². The predicted octanol–water partition coefficient (Wildman–Crippen LogP) is 1.04. The number of hydrogen-bond acceptors (Lipinski definition) is 7. The number of ether oxygens (including phenoxy) is 2. The Morgan fingerprint density at radius 3 is 2.57 bits per heavy atom. The average Bonchev–Trinajstić information content (AvgIpc) is 3.09. The summed E-state index contributed by atoms with van der Waals surface area (Å²) in [5, 5.41) is 14.3. The lowest BCUT2D eigenvalue weighted by Gasteiger charge is -2.30. The Kier molecular flexibility index (Phi) is 3.41. The van der Waals surface area contributed by atoms with Crippen molar-refractivity contribution in [1.82, 2.24) is 19.8 Å². The van der Waals surface area contributed by atoms with Gasteiger partial charge in [0.2, 0.25) is 4.96 Å². The summed E-state index contributed by atoms with van der Waals surface area (Å²) in [4.78, 5) is 0.836. The van der Waals surface area contributed by atoms with Crippen molar-refractivity contribution in [2.75, 3.05) is 26.4 Å². The molecule has 0 atom stereocenters. The van der Waals surface area contributed by atoms with Gasteiger partial charge in [0.05, 0.1) is 5.54 Å². The van der Waals surface area contributed by atoms with Crippen LogP contribution in [0.15, 0.2) is 0 Å². The first-order valence-electron chi connectivity index (χ1n) is 7.43. The van der Waals surface area contributed by atoms with Gasteiger partial charge in [-0.2, -0.15) is 9.61 Å². The molecule has 114 valence electrons. The molecular weight excluding hydrogens is 290 g/mol. The van der Waals surface area contributed by atoms with Crippen LogP contribution in [-0.4, -0.2) is 46.2 Å². The molecule has 21 heavy (non-hydrogen) atoms. The lowest BCUT2D eigenvalue weighted by Crippen LogP contribution is -2.42. The third-order valence-electron chi connectivity index (χ3n) is 4.41. The van der Waals surface area contributed by atoms with Crippen LogP contribution in [-0.2, 0) is 15.0 Å². The van der Waals surface area contributed by atoms with Crippen molar-refractivity contribution < 1.29 is 9.47 Å². The minimum Gasteiger partial charge on any atom is -0.381 e. The van der Waals surface area contributed by atoms with Crippen LogP contribution < -0.4 is 5.73 Å². The normalized spacial score (nSPS) is 23.7. The van der Waals surface area contributed by atoms with Crippen LogP contribution in [0.4, 0.5) is 0 Å². The predicted molar refractivity (Wildman–Crippen MR) is 77.4 cm³/mol. The van der Waals surface area contributed by atoms with Gasteiger partial charge in [0.15, 0.2) is 5.82 Å². The molecule has 2 saturated heterocycles. The molecule has 8 heteroatoms. The second kappa shape index (κ2) is 5.28. The molecule has 7 nitrogen and oxygen atoms in total. The number of aromatic nitrogens is 4. The third kappa shape index (κ3) is 2.36. The fourth-order valence-corrected chi connectivity index (χ4v) is 4.00. The summed E-state index contributed by atoms with van der Waals surface area (Å²) in [5.41, 5.74) is 6.14. The van der Waals surface area contributed by atoms with Crippen LogP contribution in [0.1, 0.15) is 42.4 Å². The standard InChI is InChI=1S/C13H19N5O2S/c14-13(3-7-20-8-4-13)11-17-18-10(15-16-12(18)21-11)9-1-5-19-6-2-9/h9H,1-8,14H2. The third-order valence-corrected chi connectivity index (χ3v) is 5.53. The zero-order chi connectivity index (χ0) is 14.3. The van der Waals surface area contributed by atoms with Crippen LogP contribution in [0.3, 0.4) is 0 Å². The first kappa shape index (κ1) is 13.6. The number of hydrogen-bond donors (Lipinski definition) is 1. The van der Waals surface area contributed by atoms with E-state index in [1.807, 2.05) is 4.52 Å². The molecule has 4 heterocycles. The van der Waals surface area contributed by atoms with Crippen LogP contribution in [0.25, 0.3) is 4.96 Å². The lowest BCUT2D eigenvalue weighted by atomic mass is 9.92. The maximum absolute atomic E-state index is 6.52. The van der Waals surface area contributed by atoms with Gasteiger partial charge in [-0.3, -0.25) is 0 Å². The summed E-state index contributed by atoms with van der Waals surface area (Å²) in [6, 6.07) is 0. The van der Waals surface area contributed by atoms with Gasteiger partial charge in [-0.05, 0) is 25.7 Å². The highest BCUT2D eigenvalue weighted by Gasteiger charge is 2.35. The van der Waals surface area contributed by atoms with Crippen molar-refractivity contribution in [3.05, 3.63) is 10.8 Å². The van der Waals surface area contributed by atoms with Crippen LogP contribution in [0.5, 0.6) is 0 Å². The summed E-state index contributed by atoms with van der Waals surface area (Å²) >= 11 is 1.55. The van der Waals surface area contributed by atoms with E-state index < -0.39 is 0 Å². The number of rotatable bonds is 2. The monoisotopic (exact) mass is 309 g/mol. The largest absolute Gasteiger partial charge is 0.381 e. The maximum Gasteiger partial charge on any atom is 0.234 e. The van der Waals surface area contributed by atoms with E-state index in [0.717, 1.165) is 54.7 Å². The van der Waals surface area contributed by atoms with Gasteiger partial charge in [-0.1, -0.05) is 11.3 Å². The molecule has 2 aliphatic heterocycles. The number of nitrogens with two attached hydrogens (primary N) is 1. The second-order valence-electron chi connectivity index (χ2n) is 5.81. The van der Waals surface area contributed by atoms with E-state index in [4.69, 9.17) is 20.3 Å². The van der Waals surface area contributed by atoms with E-state index in [9.17, 15) is 0 Å². The van der Waals surface area contributed by atoms with Crippen molar-refractivity contribution in [2.45, 2.75) is 37.1 Å². The van der Waals surface area contributed by atoms with Crippen LogP contribution in [0.2, 0.25) is 0 Å². The van der Waals surface area contributed by atoms with Crippen molar-refractivity contribution in [2.24, 2.45) is 5.73 Å². The molecule has 0 unspecified atom stereocenters. The summed E-state index contributed by atoms with van der Waals surface area (Å²) in [7, 11) is 0. The first-order chi connectivity index (χ1) is 10.3. The Hall–Kier alpha value is -1.09. The van der Waals surface area contributed by atoms with E-state index >= 15 is 0 Å². The lowest BCUT2D eigenvalue weighted by molar-refractivity contribution is 0.0518. The molecule has 0 aliphatic carbocycles. The molecule has 2 aromatic rings. The zero-order valence-electron chi connectivity index (χ0n) is 11.8. The fourth-order valence-electron chi connectivity index (χ4n) is 2.99. The molecule has 2 fully saturated rings. The smallest absolute Gasteiger partial charge is 0.234 e. The SMILES string of the molecule is NC1(c2nn3c(C4CCOCC4)nnc3s2)CCOCC1. The van der Waals surface area contributed by atoms with Crippen molar-refractivity contribution in [1.29, 1.82) is 0 Å². The number of fused-ring (bicyclic) bond motifs is 1. The Morgan fingerprint density at radius 1 is 1.10 bits per heavy atom. The molecule has 0 amide bonds. The van der Waals surface area contributed by atoms with Gasteiger partial charge in [-0.25, -0.2) is 0 Å². The topological polar surface area (TPSA) is 87.6 Å². The Balaban J connectivity index is 1.68. The molecule has 0 bridgehead atoms. The summed E-state index contributed by atoms with van der Waals surface area (Å²) in [6.45, 7) is 2.97. The molecule has 0 aromatic carbocycles. The molecule has 2 N–H and O–H groups in total. The van der Waals surface area contributed by atoms with Crippen molar-refractivity contribution >= 4 is 16.3 Å². The van der Waals surface area contributed by atoms with Gasteiger partial charge in [0.25, 0.3) is 0 Å². The van der Waals surface area contributed by atoms with E-state index in [2.05, 4.69) is 10.2 Å². The summed E-state index contributed by atoms with van der Waals surface area (Å²) in [5.74, 6) is 1.33. The maximum atomic E-state index is 6.52. The van der Waals surface area contributed by atoms with Gasteiger partial charge in [0, 0.05) is 32.3 Å². The molecule has 2 aromatic heterocycles. The Morgan fingerprint density at radius 2 is 1.81 bits per heavy atom. The quantitative estimate of drug-likeness (QED) is 0.892. The highest BCUT2D eigenvalue weighted by molar-refractivity contribution is 7.16. The Labute approximate surface area is 126 Å². The first-order valence-corrected chi connectivity index (χ1v) is 8.25. The molecule has 4 rings (SSSR count). The van der Waals surface area contributed by atoms with Crippen molar-refractivity contribution in [3.8, 4) is 0 Å². The van der Waals surface area contributed by atoms with Gasteiger partial charge < -0.3 is 15.2 Å². The summed E-state index contributed by atoms with van der Waals surface area (Å²) < 4.78 is 12.7. The molecular formula is C13H19N5O2S. The van der Waals surface area contributed by atoms with E-state index in [1.165, 1.54) is 0 Å². The van der Waals surface area contributed by atoms with Crippen LogP contribution in [0, 0.1) is 0 Å². The average molecular weight is 309 g/mol.